The molecule has 4 aromatic rings. The maximum atomic E-state index is 13.8. The van der Waals surface area contributed by atoms with Gasteiger partial charge in [-0.3, -0.25) is 9.89 Å². The van der Waals surface area contributed by atoms with Crippen molar-refractivity contribution in [1.29, 1.82) is 0 Å². The molecule has 2 N–H and O–H groups in total. The van der Waals surface area contributed by atoms with E-state index in [0.717, 1.165) is 23.1 Å². The second-order valence-corrected chi connectivity index (χ2v) is 10.9. The molecule has 7 nitrogen and oxygen atoms in total. The number of carbonyl (C=O) groups excluding carboxylic acids is 1. The van der Waals surface area contributed by atoms with Gasteiger partial charge in [-0.2, -0.15) is 5.10 Å². The molecule has 1 aliphatic rings. The van der Waals surface area contributed by atoms with E-state index in [1.54, 1.807) is 12.1 Å². The molecule has 0 saturated carbocycles. The van der Waals surface area contributed by atoms with Gasteiger partial charge in [-0.15, -0.1) is 0 Å². The molecule has 208 valence electrons. The largest absolute Gasteiger partial charge is 0.507 e. The maximum Gasteiger partial charge on any atom is 0.273 e. The van der Waals surface area contributed by atoms with Crippen LogP contribution in [0.2, 0.25) is 5.02 Å². The summed E-state index contributed by atoms with van der Waals surface area (Å²) in [6, 6.07) is 18.5. The Hall–Kier alpha value is -3.97. The Balaban J connectivity index is 1.63. The molecule has 5 rings (SSSR count). The number of halogens is 1. The van der Waals surface area contributed by atoms with Crippen LogP contribution in [0.4, 0.5) is 0 Å². The highest BCUT2D eigenvalue weighted by atomic mass is 35.5. The Morgan fingerprint density at radius 1 is 1.07 bits per heavy atom. The first kappa shape index (κ1) is 27.6. The molecule has 1 aliphatic heterocycles. The minimum Gasteiger partial charge on any atom is -0.507 e. The minimum absolute atomic E-state index is 0.0489. The summed E-state index contributed by atoms with van der Waals surface area (Å²) in [6.07, 6.45) is 0.930. The Kier molecular flexibility index (Phi) is 8.03. The second kappa shape index (κ2) is 11.6. The van der Waals surface area contributed by atoms with Gasteiger partial charge in [0.15, 0.2) is 11.5 Å². The number of hydrogen-bond donors (Lipinski definition) is 2. The number of phenols is 1. The normalized spacial score (nSPS) is 14.6. The second-order valence-electron chi connectivity index (χ2n) is 10.5. The van der Waals surface area contributed by atoms with Gasteiger partial charge in [0.1, 0.15) is 17.1 Å². The number of benzene rings is 3. The molecule has 0 fully saturated rings. The molecule has 1 aromatic heterocycles. The molecule has 0 spiro atoms. The van der Waals surface area contributed by atoms with Gasteiger partial charge in [0.05, 0.1) is 19.3 Å². The van der Waals surface area contributed by atoms with Crippen LogP contribution in [0, 0.1) is 12.8 Å². The van der Waals surface area contributed by atoms with Gasteiger partial charge in [0.25, 0.3) is 5.91 Å². The molecule has 0 aliphatic carbocycles. The zero-order valence-electron chi connectivity index (χ0n) is 23.2. The van der Waals surface area contributed by atoms with Crippen LogP contribution in [0.1, 0.15) is 66.0 Å². The summed E-state index contributed by atoms with van der Waals surface area (Å²) in [5, 5.41) is 18.8. The third kappa shape index (κ3) is 5.39. The van der Waals surface area contributed by atoms with Crippen molar-refractivity contribution < 1.29 is 19.4 Å². The monoisotopic (exact) mass is 559 g/mol. The number of aromatic nitrogens is 2. The van der Waals surface area contributed by atoms with Crippen molar-refractivity contribution in [3.8, 4) is 28.5 Å². The summed E-state index contributed by atoms with van der Waals surface area (Å²) in [5.41, 5.74) is 4.63. The molecular formula is C32H34ClN3O4. The van der Waals surface area contributed by atoms with Crippen molar-refractivity contribution in [3.63, 3.8) is 0 Å². The van der Waals surface area contributed by atoms with Crippen molar-refractivity contribution in [2.24, 2.45) is 5.92 Å². The summed E-state index contributed by atoms with van der Waals surface area (Å²) in [7, 11) is 0. The first-order chi connectivity index (χ1) is 19.3. The molecule has 0 bridgehead atoms. The fourth-order valence-corrected chi connectivity index (χ4v) is 5.20. The number of hydrogen-bond acceptors (Lipinski definition) is 5. The SMILES string of the molecule is CCOc1cc(C2c3c(-c4cc(Cl)c(C)cc4O)n[nH]c3C(=O)N2Cc2ccccc2)ccc1OCCC(C)C. The minimum atomic E-state index is -0.486. The Labute approximate surface area is 239 Å². The third-order valence-electron chi connectivity index (χ3n) is 7.13. The molecule has 8 heteroatoms. The highest BCUT2D eigenvalue weighted by molar-refractivity contribution is 6.31. The number of amides is 1. The summed E-state index contributed by atoms with van der Waals surface area (Å²) in [5.74, 6) is 1.69. The summed E-state index contributed by atoms with van der Waals surface area (Å²) < 4.78 is 12.1. The molecule has 1 amide bonds. The van der Waals surface area contributed by atoms with Crippen molar-refractivity contribution in [2.75, 3.05) is 13.2 Å². The van der Waals surface area contributed by atoms with Gasteiger partial charge in [-0.1, -0.05) is 61.8 Å². The molecule has 1 unspecified atom stereocenters. The highest BCUT2D eigenvalue weighted by Crippen LogP contribution is 2.47. The van der Waals surface area contributed by atoms with E-state index in [-0.39, 0.29) is 11.7 Å². The molecule has 1 atom stereocenters. The van der Waals surface area contributed by atoms with E-state index in [1.807, 2.05) is 67.3 Å². The van der Waals surface area contributed by atoms with E-state index >= 15 is 0 Å². The number of aromatic amines is 1. The molecule has 0 radical (unpaired) electrons. The van der Waals surface area contributed by atoms with E-state index < -0.39 is 6.04 Å². The van der Waals surface area contributed by atoms with Crippen molar-refractivity contribution >= 4 is 17.5 Å². The number of carbonyl (C=O) groups is 1. The van der Waals surface area contributed by atoms with Crippen LogP contribution in [0.25, 0.3) is 11.3 Å². The van der Waals surface area contributed by atoms with E-state index in [4.69, 9.17) is 21.1 Å². The van der Waals surface area contributed by atoms with Gasteiger partial charge in [0, 0.05) is 22.7 Å². The highest BCUT2D eigenvalue weighted by Gasteiger charge is 2.43. The van der Waals surface area contributed by atoms with Crippen LogP contribution in [-0.2, 0) is 6.54 Å². The lowest BCUT2D eigenvalue weighted by Gasteiger charge is -2.27. The first-order valence-electron chi connectivity index (χ1n) is 13.6. The standard InChI is InChI=1S/C32H34ClN3O4/c1-5-39-27-16-22(11-12-26(27)40-14-13-19(2)3)31-28-29(23-17-24(33)20(4)15-25(23)37)34-35-30(28)32(38)36(31)18-21-9-7-6-8-10-21/h6-12,15-17,19,31,37H,5,13-14,18H2,1-4H3,(H,34,35). The topological polar surface area (TPSA) is 87.7 Å². The van der Waals surface area contributed by atoms with Crippen LogP contribution < -0.4 is 9.47 Å². The Bertz CT molecular complexity index is 1520. The lowest BCUT2D eigenvalue weighted by atomic mass is 9.94. The number of rotatable bonds is 10. The average molecular weight is 560 g/mol. The van der Waals surface area contributed by atoms with Crippen LogP contribution in [-0.4, -0.2) is 39.3 Å². The third-order valence-corrected chi connectivity index (χ3v) is 7.53. The zero-order valence-corrected chi connectivity index (χ0v) is 24.0. The van der Waals surface area contributed by atoms with Crippen LogP contribution in [0.5, 0.6) is 17.2 Å². The fourth-order valence-electron chi connectivity index (χ4n) is 5.03. The molecular weight excluding hydrogens is 526 g/mol. The number of phenolic OH excluding ortho intramolecular Hbond substituents is 1. The van der Waals surface area contributed by atoms with Crippen molar-refractivity contribution in [1.82, 2.24) is 15.1 Å². The predicted octanol–water partition coefficient (Wildman–Crippen LogP) is 7.31. The van der Waals surface area contributed by atoms with Gasteiger partial charge in [-0.05, 0) is 67.1 Å². The molecule has 3 aromatic carbocycles. The quantitative estimate of drug-likeness (QED) is 0.213. The molecule has 0 saturated heterocycles. The number of fused-ring (bicyclic) bond motifs is 1. The van der Waals surface area contributed by atoms with Crippen LogP contribution in [0.3, 0.4) is 0 Å². The number of nitrogens with zero attached hydrogens (tertiary/aromatic N) is 2. The van der Waals surface area contributed by atoms with Crippen molar-refractivity contribution in [2.45, 2.75) is 46.7 Å². The van der Waals surface area contributed by atoms with E-state index in [9.17, 15) is 9.90 Å². The van der Waals surface area contributed by atoms with Gasteiger partial charge in [-0.25, -0.2) is 0 Å². The predicted molar refractivity (Wildman–Crippen MR) is 156 cm³/mol. The summed E-state index contributed by atoms with van der Waals surface area (Å²) in [4.78, 5) is 15.6. The van der Waals surface area contributed by atoms with Crippen LogP contribution in [0.15, 0.2) is 60.7 Å². The molecule has 2 heterocycles. The summed E-state index contributed by atoms with van der Waals surface area (Å²) in [6.45, 7) is 9.53. The smallest absolute Gasteiger partial charge is 0.273 e. The summed E-state index contributed by atoms with van der Waals surface area (Å²) >= 11 is 6.45. The number of ether oxygens (including phenoxy) is 2. The number of nitrogens with one attached hydrogen (secondary N) is 1. The zero-order chi connectivity index (χ0) is 28.4. The number of aromatic hydroxyl groups is 1. The average Bonchev–Trinajstić information content (AvgIpc) is 3.46. The number of H-pyrrole nitrogens is 1. The first-order valence-corrected chi connectivity index (χ1v) is 14.0. The van der Waals surface area contributed by atoms with Crippen LogP contribution >= 0.6 is 11.6 Å². The fraction of sp³-hybridized carbons (Fsp3) is 0.312. The molecule has 40 heavy (non-hydrogen) atoms. The van der Waals surface area contributed by atoms with Crippen molar-refractivity contribution in [3.05, 3.63) is 93.6 Å². The van der Waals surface area contributed by atoms with E-state index in [0.29, 0.717) is 64.7 Å². The Morgan fingerprint density at radius 3 is 2.58 bits per heavy atom. The van der Waals surface area contributed by atoms with Gasteiger partial charge >= 0.3 is 0 Å². The lowest BCUT2D eigenvalue weighted by Crippen LogP contribution is -2.29. The lowest BCUT2D eigenvalue weighted by molar-refractivity contribution is 0.0729. The van der Waals surface area contributed by atoms with Gasteiger partial charge < -0.3 is 19.5 Å². The maximum absolute atomic E-state index is 13.8. The van der Waals surface area contributed by atoms with E-state index in [2.05, 4.69) is 24.0 Å². The van der Waals surface area contributed by atoms with Gasteiger partial charge in [0.2, 0.25) is 0 Å². The Morgan fingerprint density at radius 2 is 1.85 bits per heavy atom. The number of aryl methyl sites for hydroxylation is 1. The van der Waals surface area contributed by atoms with E-state index in [1.165, 1.54) is 0 Å².